The molecule has 3 aromatic heterocycles. The lowest BCUT2D eigenvalue weighted by Gasteiger charge is -2.34. The largest absolute Gasteiger partial charge is 0.379 e. The van der Waals surface area contributed by atoms with Crippen molar-refractivity contribution in [3.63, 3.8) is 0 Å². The van der Waals surface area contributed by atoms with E-state index in [-0.39, 0.29) is 11.9 Å². The summed E-state index contributed by atoms with van der Waals surface area (Å²) in [4.78, 5) is 21.3. The molecule has 7 nitrogen and oxygen atoms in total. The van der Waals surface area contributed by atoms with Gasteiger partial charge < -0.3 is 10.1 Å². The van der Waals surface area contributed by atoms with Crippen LogP contribution in [0.3, 0.4) is 0 Å². The lowest BCUT2D eigenvalue weighted by molar-refractivity contribution is 0.0169. The van der Waals surface area contributed by atoms with Gasteiger partial charge in [0.05, 0.1) is 30.5 Å². The maximum Gasteiger partial charge on any atom is 0.255 e. The summed E-state index contributed by atoms with van der Waals surface area (Å²) in [5, 5.41) is 9.98. The van der Waals surface area contributed by atoms with Crippen LogP contribution in [0.15, 0.2) is 78.6 Å². The highest BCUT2D eigenvalue weighted by Crippen LogP contribution is 2.27. The van der Waals surface area contributed by atoms with Crippen molar-refractivity contribution in [2.45, 2.75) is 6.04 Å². The zero-order valence-electron chi connectivity index (χ0n) is 18.1. The molecule has 0 radical (unpaired) electrons. The Labute approximate surface area is 196 Å². The SMILES string of the molecule is O=C(NC[C@H](c1cccs1)N1CCOCC1)c1cn(-c2ccccc2)nc1-c1cccnc1. The number of aromatic nitrogens is 3. The maximum absolute atomic E-state index is 13.4. The van der Waals surface area contributed by atoms with Crippen LogP contribution in [0.1, 0.15) is 21.3 Å². The first kappa shape index (κ1) is 21.5. The van der Waals surface area contributed by atoms with Gasteiger partial charge in [0, 0.05) is 48.7 Å². The quantitative estimate of drug-likeness (QED) is 0.455. The van der Waals surface area contributed by atoms with Gasteiger partial charge in [0.25, 0.3) is 5.91 Å². The second kappa shape index (κ2) is 10.1. The summed E-state index contributed by atoms with van der Waals surface area (Å²) in [5.74, 6) is -0.147. The van der Waals surface area contributed by atoms with Crippen molar-refractivity contribution in [3.8, 4) is 16.9 Å². The van der Waals surface area contributed by atoms with Gasteiger partial charge in [-0.05, 0) is 35.7 Å². The molecule has 5 rings (SSSR count). The van der Waals surface area contributed by atoms with Crippen LogP contribution in [0.2, 0.25) is 0 Å². The molecule has 4 heterocycles. The van der Waals surface area contributed by atoms with Crippen molar-refractivity contribution in [2.75, 3.05) is 32.8 Å². The van der Waals surface area contributed by atoms with Crippen LogP contribution in [0.25, 0.3) is 16.9 Å². The molecular weight excluding hydrogens is 434 g/mol. The Morgan fingerprint density at radius 2 is 1.94 bits per heavy atom. The van der Waals surface area contributed by atoms with E-state index in [1.54, 1.807) is 34.6 Å². The van der Waals surface area contributed by atoms with Crippen LogP contribution in [-0.4, -0.2) is 58.4 Å². The Bertz CT molecular complexity index is 1170. The number of morpholine rings is 1. The molecule has 1 aliphatic rings. The molecule has 4 aromatic rings. The van der Waals surface area contributed by atoms with Crippen molar-refractivity contribution in [1.29, 1.82) is 0 Å². The highest BCUT2D eigenvalue weighted by atomic mass is 32.1. The molecule has 8 heteroatoms. The molecule has 0 spiro atoms. The molecule has 1 N–H and O–H groups in total. The summed E-state index contributed by atoms with van der Waals surface area (Å²) in [6.45, 7) is 3.65. The summed E-state index contributed by atoms with van der Waals surface area (Å²) < 4.78 is 7.28. The Morgan fingerprint density at radius 1 is 1.09 bits per heavy atom. The topological polar surface area (TPSA) is 72.3 Å². The van der Waals surface area contributed by atoms with Gasteiger partial charge in [0.2, 0.25) is 0 Å². The predicted octanol–water partition coefficient (Wildman–Crippen LogP) is 3.80. The fourth-order valence-corrected chi connectivity index (χ4v) is 4.89. The van der Waals surface area contributed by atoms with Gasteiger partial charge in [-0.25, -0.2) is 4.68 Å². The number of hydrogen-bond donors (Lipinski definition) is 1. The van der Waals surface area contributed by atoms with Crippen LogP contribution in [-0.2, 0) is 4.74 Å². The lowest BCUT2D eigenvalue weighted by Crippen LogP contribution is -2.43. The Kier molecular flexibility index (Phi) is 6.57. The van der Waals surface area contributed by atoms with Crippen LogP contribution in [0.4, 0.5) is 0 Å². The van der Waals surface area contributed by atoms with Crippen molar-refractivity contribution in [1.82, 2.24) is 25.0 Å². The average molecular weight is 460 g/mol. The standard InChI is InChI=1S/C25H25N5O2S/c31-25(27-17-22(23-9-5-15-33-23)29-11-13-32-14-12-29)21-18-30(20-7-2-1-3-8-20)28-24(21)19-6-4-10-26-16-19/h1-10,15-16,18,22H,11-14,17H2,(H,27,31)/t22-/m1/s1. The number of thiophene rings is 1. The number of hydrogen-bond acceptors (Lipinski definition) is 6. The third kappa shape index (κ3) is 4.88. The monoisotopic (exact) mass is 459 g/mol. The predicted molar refractivity (Wildman–Crippen MR) is 129 cm³/mol. The Morgan fingerprint density at radius 3 is 2.67 bits per heavy atom. The van der Waals surface area contributed by atoms with Crippen LogP contribution >= 0.6 is 11.3 Å². The molecule has 1 fully saturated rings. The van der Waals surface area contributed by atoms with E-state index < -0.39 is 0 Å². The van der Waals surface area contributed by atoms with E-state index in [0.717, 1.165) is 24.3 Å². The molecular formula is C25H25N5O2S. The Hall–Kier alpha value is -3.33. The highest BCUT2D eigenvalue weighted by Gasteiger charge is 2.25. The molecule has 0 bridgehead atoms. The molecule has 0 aliphatic carbocycles. The van der Waals surface area contributed by atoms with E-state index in [9.17, 15) is 4.79 Å². The molecule has 168 valence electrons. The van der Waals surface area contributed by atoms with Gasteiger partial charge in [-0.15, -0.1) is 11.3 Å². The van der Waals surface area contributed by atoms with Gasteiger partial charge >= 0.3 is 0 Å². The van der Waals surface area contributed by atoms with E-state index >= 15 is 0 Å². The third-order valence-corrected chi connectivity index (χ3v) is 6.70. The van der Waals surface area contributed by atoms with Crippen molar-refractivity contribution in [3.05, 3.63) is 89.0 Å². The minimum atomic E-state index is -0.147. The first-order chi connectivity index (χ1) is 16.3. The first-order valence-corrected chi connectivity index (χ1v) is 11.9. The number of benzene rings is 1. The van der Waals surface area contributed by atoms with Gasteiger partial charge in [-0.1, -0.05) is 24.3 Å². The average Bonchev–Trinajstić information content (AvgIpc) is 3.57. The fraction of sp³-hybridized carbons (Fsp3) is 0.240. The lowest BCUT2D eigenvalue weighted by atomic mass is 10.1. The van der Waals surface area contributed by atoms with Crippen LogP contribution in [0, 0.1) is 0 Å². The number of pyridine rings is 1. The van der Waals surface area contributed by atoms with Gasteiger partial charge in [0.1, 0.15) is 5.69 Å². The summed E-state index contributed by atoms with van der Waals surface area (Å²) in [5.41, 5.74) is 2.84. The van der Waals surface area contributed by atoms with Crippen molar-refractivity contribution < 1.29 is 9.53 Å². The minimum Gasteiger partial charge on any atom is -0.379 e. The zero-order chi connectivity index (χ0) is 22.5. The number of nitrogens with one attached hydrogen (secondary N) is 1. The molecule has 1 amide bonds. The molecule has 0 unspecified atom stereocenters. The van der Waals surface area contributed by atoms with Crippen LogP contribution in [0.5, 0.6) is 0 Å². The number of ether oxygens (including phenoxy) is 1. The van der Waals surface area contributed by atoms with Crippen LogP contribution < -0.4 is 5.32 Å². The molecule has 33 heavy (non-hydrogen) atoms. The molecule has 1 aromatic carbocycles. The third-order valence-electron chi connectivity index (χ3n) is 5.73. The van der Waals surface area contributed by atoms with Gasteiger partial charge in [0.15, 0.2) is 0 Å². The summed E-state index contributed by atoms with van der Waals surface area (Å²) in [7, 11) is 0. The van der Waals surface area contributed by atoms with Crippen molar-refractivity contribution in [2.24, 2.45) is 0 Å². The fourth-order valence-electron chi connectivity index (χ4n) is 4.03. The van der Waals surface area contributed by atoms with Gasteiger partial charge in [-0.3, -0.25) is 14.7 Å². The van der Waals surface area contributed by atoms with Gasteiger partial charge in [-0.2, -0.15) is 5.10 Å². The number of para-hydroxylation sites is 1. The smallest absolute Gasteiger partial charge is 0.255 e. The summed E-state index contributed by atoms with van der Waals surface area (Å²) >= 11 is 1.72. The Balaban J connectivity index is 1.42. The maximum atomic E-state index is 13.4. The highest BCUT2D eigenvalue weighted by molar-refractivity contribution is 7.10. The molecule has 0 saturated carbocycles. The second-order valence-electron chi connectivity index (χ2n) is 7.80. The second-order valence-corrected chi connectivity index (χ2v) is 8.78. The van der Waals surface area contributed by atoms with E-state index in [2.05, 4.69) is 32.7 Å². The van der Waals surface area contributed by atoms with Crippen molar-refractivity contribution >= 4 is 17.2 Å². The number of carbonyl (C=O) groups is 1. The molecule has 1 atom stereocenters. The summed E-state index contributed by atoms with van der Waals surface area (Å²) in [6, 6.07) is 17.9. The summed E-state index contributed by atoms with van der Waals surface area (Å²) in [6.07, 6.45) is 5.24. The number of amides is 1. The van der Waals surface area contributed by atoms with E-state index in [4.69, 9.17) is 9.84 Å². The number of rotatable bonds is 7. The number of nitrogens with zero attached hydrogens (tertiary/aromatic N) is 4. The minimum absolute atomic E-state index is 0.115. The normalized spacial score (nSPS) is 15.3. The van der Waals surface area contributed by atoms with E-state index in [0.29, 0.717) is 31.0 Å². The molecule has 1 saturated heterocycles. The van der Waals surface area contributed by atoms with E-state index in [1.165, 1.54) is 4.88 Å². The molecule has 1 aliphatic heterocycles. The first-order valence-electron chi connectivity index (χ1n) is 11.0. The number of carbonyl (C=O) groups excluding carboxylic acids is 1. The zero-order valence-corrected chi connectivity index (χ0v) is 18.9. The van der Waals surface area contributed by atoms with E-state index in [1.807, 2.05) is 42.5 Å².